The maximum absolute atomic E-state index is 10.1. The fourth-order valence-corrected chi connectivity index (χ4v) is 5.20. The number of nitrogens with zero attached hydrogens (tertiary/aromatic N) is 9. The maximum Gasteiger partial charge on any atom is 0.528 e. The second kappa shape index (κ2) is 18.2. The minimum absolute atomic E-state index is 0.185. The van der Waals surface area contributed by atoms with Gasteiger partial charge >= 0.3 is 5.82 Å². The van der Waals surface area contributed by atoms with Gasteiger partial charge in [0.15, 0.2) is 0 Å². The van der Waals surface area contributed by atoms with Crippen molar-refractivity contribution in [1.82, 2.24) is 9.80 Å². The molecule has 1 aliphatic carbocycles. The Morgan fingerprint density at radius 1 is 0.878 bits per heavy atom. The zero-order valence-corrected chi connectivity index (χ0v) is 27.8. The molecule has 0 fully saturated rings. The van der Waals surface area contributed by atoms with Gasteiger partial charge in [-0.1, -0.05) is 85.0 Å². The number of allylic oxidation sites excluding steroid dienone is 12. The van der Waals surface area contributed by atoms with Gasteiger partial charge in [-0.25, -0.2) is 4.99 Å². The van der Waals surface area contributed by atoms with Crippen LogP contribution in [-0.4, -0.2) is 50.2 Å². The van der Waals surface area contributed by atoms with E-state index in [1.54, 1.807) is 72.8 Å². The van der Waals surface area contributed by atoms with Crippen LogP contribution in [0.25, 0.3) is 26.2 Å². The van der Waals surface area contributed by atoms with Crippen molar-refractivity contribution in [1.29, 1.82) is 15.8 Å². The summed E-state index contributed by atoms with van der Waals surface area (Å²) in [5.41, 5.74) is 4.93. The molecule has 1 aliphatic rings. The monoisotopic (exact) mass is 640 g/mol. The van der Waals surface area contributed by atoms with Crippen molar-refractivity contribution in [3.63, 3.8) is 0 Å². The SMILES string of the molecule is [C-]#[N+]C([N+]#[C-])=C(/C(C#N)=C/C=C/C1=C(N=C(N(C)C)N(C)C)C(=C/C=C/C(C#N)=C(\c2ccccc2)C(C#N)C=[N-])/CC1)c1ccccc1. The average Bonchev–Trinajstić information content (AvgIpc) is 3.50. The van der Waals surface area contributed by atoms with Crippen molar-refractivity contribution in [3.8, 4) is 18.2 Å². The zero-order chi connectivity index (χ0) is 35.8. The van der Waals surface area contributed by atoms with Gasteiger partial charge in [0.05, 0.1) is 46.5 Å². The molecule has 3 rings (SSSR count). The molecule has 0 saturated carbocycles. The molecule has 9 nitrogen and oxygen atoms in total. The molecule has 0 radical (unpaired) electrons. The Bertz CT molecular complexity index is 1990. The zero-order valence-electron chi connectivity index (χ0n) is 27.8. The van der Waals surface area contributed by atoms with Gasteiger partial charge in [0.2, 0.25) is 5.96 Å². The normalized spacial score (nSPS) is 14.5. The molecule has 49 heavy (non-hydrogen) atoms. The van der Waals surface area contributed by atoms with Gasteiger partial charge in [-0.3, -0.25) is 0 Å². The smallest absolute Gasteiger partial charge is 0.528 e. The van der Waals surface area contributed by atoms with Gasteiger partial charge in [-0.2, -0.15) is 31.7 Å². The topological polar surface area (TPSA) is 121 Å². The molecule has 0 saturated heterocycles. The van der Waals surface area contributed by atoms with Gasteiger partial charge in [-0.15, -0.1) is 0 Å². The van der Waals surface area contributed by atoms with E-state index in [-0.39, 0.29) is 22.5 Å². The van der Waals surface area contributed by atoms with Crippen LogP contribution in [0.1, 0.15) is 24.0 Å². The molecule has 240 valence electrons. The molecule has 9 heteroatoms. The predicted octanol–water partition coefficient (Wildman–Crippen LogP) is 7.97. The second-order valence-electron chi connectivity index (χ2n) is 11.0. The molecule has 0 bridgehead atoms. The Kier molecular flexibility index (Phi) is 13.6. The lowest BCUT2D eigenvalue weighted by molar-refractivity contribution is 0.483. The Morgan fingerprint density at radius 3 is 2.00 bits per heavy atom. The second-order valence-corrected chi connectivity index (χ2v) is 11.0. The molecule has 2 aromatic rings. The van der Waals surface area contributed by atoms with E-state index in [9.17, 15) is 21.2 Å². The summed E-state index contributed by atoms with van der Waals surface area (Å²) >= 11 is 0. The number of hydrogen-bond donors (Lipinski definition) is 0. The van der Waals surface area contributed by atoms with Crippen LogP contribution in [0, 0.1) is 53.1 Å². The molecular weight excluding hydrogens is 607 g/mol. The summed E-state index contributed by atoms with van der Waals surface area (Å²) in [7, 11) is 7.60. The molecule has 0 aliphatic heterocycles. The molecule has 2 aromatic carbocycles. The third-order valence-corrected chi connectivity index (χ3v) is 7.39. The highest BCUT2D eigenvalue weighted by Gasteiger charge is 2.22. The highest BCUT2D eigenvalue weighted by Crippen LogP contribution is 2.35. The van der Waals surface area contributed by atoms with Crippen LogP contribution in [0.4, 0.5) is 0 Å². The van der Waals surface area contributed by atoms with E-state index in [4.69, 9.17) is 18.1 Å². The first kappa shape index (κ1) is 36.5. The van der Waals surface area contributed by atoms with Crippen molar-refractivity contribution in [2.24, 2.45) is 10.9 Å². The number of benzene rings is 2. The molecule has 0 aromatic heterocycles. The van der Waals surface area contributed by atoms with Gasteiger partial charge in [0.1, 0.15) is 13.1 Å². The molecule has 1 unspecified atom stereocenters. The minimum Gasteiger partial charge on any atom is -0.813 e. The van der Waals surface area contributed by atoms with Crippen LogP contribution in [0.15, 0.2) is 136 Å². The van der Waals surface area contributed by atoms with E-state index in [1.807, 2.05) is 62.3 Å². The Hall–Kier alpha value is -6.99. The average molecular weight is 641 g/mol. The van der Waals surface area contributed by atoms with Gasteiger partial charge < -0.3 is 15.2 Å². The van der Waals surface area contributed by atoms with Gasteiger partial charge in [-0.05, 0) is 52.8 Å². The summed E-state index contributed by atoms with van der Waals surface area (Å²) in [6.45, 7) is 15.0. The van der Waals surface area contributed by atoms with Crippen LogP contribution < -0.4 is 0 Å². The molecule has 0 N–H and O–H groups in total. The lowest BCUT2D eigenvalue weighted by Gasteiger charge is -2.23. The van der Waals surface area contributed by atoms with Crippen LogP contribution in [0.3, 0.4) is 0 Å². The lowest BCUT2D eigenvalue weighted by atomic mass is 9.90. The van der Waals surface area contributed by atoms with E-state index in [2.05, 4.69) is 27.9 Å². The van der Waals surface area contributed by atoms with Crippen LogP contribution >= 0.6 is 0 Å². The summed E-state index contributed by atoms with van der Waals surface area (Å²) in [5, 5.41) is 39.6. The first-order valence-electron chi connectivity index (χ1n) is 15.2. The fourth-order valence-electron chi connectivity index (χ4n) is 5.20. The van der Waals surface area contributed by atoms with Gasteiger partial charge in [0, 0.05) is 28.2 Å². The number of nitriles is 3. The van der Waals surface area contributed by atoms with Crippen molar-refractivity contribution >= 4 is 23.3 Å². The van der Waals surface area contributed by atoms with Gasteiger partial charge in [0.25, 0.3) is 0 Å². The minimum atomic E-state index is -0.996. The van der Waals surface area contributed by atoms with E-state index < -0.39 is 5.92 Å². The molecule has 0 heterocycles. The first-order chi connectivity index (χ1) is 23.7. The summed E-state index contributed by atoms with van der Waals surface area (Å²) in [6.07, 6.45) is 12.6. The van der Waals surface area contributed by atoms with E-state index >= 15 is 0 Å². The number of aliphatic imine (C=N–C) groups is 1. The van der Waals surface area contributed by atoms with Crippen LogP contribution in [-0.2, 0) is 0 Å². The van der Waals surface area contributed by atoms with Crippen LogP contribution in [0.2, 0.25) is 0 Å². The van der Waals surface area contributed by atoms with Crippen molar-refractivity contribution in [2.75, 3.05) is 28.2 Å². The third kappa shape index (κ3) is 9.28. The number of guanidine groups is 1. The highest BCUT2D eigenvalue weighted by molar-refractivity contribution is 5.91. The van der Waals surface area contributed by atoms with E-state index in [0.29, 0.717) is 35.5 Å². The molecular formula is C40H34N9-. The highest BCUT2D eigenvalue weighted by atomic mass is 15.3. The molecule has 0 amide bonds. The predicted molar refractivity (Wildman–Crippen MR) is 195 cm³/mol. The largest absolute Gasteiger partial charge is 0.813 e. The Morgan fingerprint density at radius 2 is 1.49 bits per heavy atom. The summed E-state index contributed by atoms with van der Waals surface area (Å²) in [4.78, 5) is 15.6. The number of hydrogen-bond acceptors (Lipinski definition) is 4. The van der Waals surface area contributed by atoms with Crippen molar-refractivity contribution in [3.05, 3.63) is 170 Å². The summed E-state index contributed by atoms with van der Waals surface area (Å²) < 4.78 is 0. The lowest BCUT2D eigenvalue weighted by Crippen LogP contribution is -2.35. The molecule has 1 atom stereocenters. The van der Waals surface area contributed by atoms with E-state index in [0.717, 1.165) is 23.1 Å². The quantitative estimate of drug-likeness (QED) is 0.0857. The fraction of sp³-hybridized carbons (Fsp3) is 0.175. The Labute approximate surface area is 288 Å². The first-order valence-corrected chi connectivity index (χ1v) is 15.2. The maximum atomic E-state index is 10.1. The standard InChI is InChI=1S/C40H34N9/c1-45-39(46-2)37(30-17-11-8-12-18-30)34(26-42)22-14-20-32-24-23-31(38(32)47-40(48(3)4)49(5)6)19-13-21-33(25-41)36(35(27-43)28-44)29-15-9-7-10-16-29/h7-22,27,35H,23-24H2,3-6H3/q-1/b20-14+,21-13+,31-19+,34-22+,36-33-. The summed E-state index contributed by atoms with van der Waals surface area (Å²) in [6, 6.07) is 24.3. The number of rotatable bonds is 10. The summed E-state index contributed by atoms with van der Waals surface area (Å²) in [5.74, 6) is -0.474. The third-order valence-electron chi connectivity index (χ3n) is 7.39. The Balaban J connectivity index is 2.17. The van der Waals surface area contributed by atoms with Crippen molar-refractivity contribution < 1.29 is 0 Å². The van der Waals surface area contributed by atoms with Crippen molar-refractivity contribution in [2.45, 2.75) is 12.8 Å². The van der Waals surface area contributed by atoms with Crippen LogP contribution in [0.5, 0.6) is 0 Å². The van der Waals surface area contributed by atoms with E-state index in [1.165, 1.54) is 0 Å². The molecule has 0 spiro atoms.